The molecule has 1 saturated carbocycles. The van der Waals surface area contributed by atoms with Crippen molar-refractivity contribution in [2.45, 2.75) is 44.6 Å². The van der Waals surface area contributed by atoms with E-state index in [1.54, 1.807) is 0 Å². The quantitative estimate of drug-likeness (QED) is 0.502. The standard InChI is InChI=1S/C9H16O/c1-8-3-5-9(7-8)4-2-6-10-9/h8H,2-7H2,1H3. The maximum atomic E-state index is 5.77. The van der Waals surface area contributed by atoms with E-state index in [1.165, 1.54) is 32.1 Å². The SMILES string of the molecule is CC1CCC2(CCCO2)C1. The summed E-state index contributed by atoms with van der Waals surface area (Å²) in [5.74, 6) is 0.915. The first kappa shape index (κ1) is 6.66. The van der Waals surface area contributed by atoms with Gasteiger partial charge in [-0.25, -0.2) is 0 Å². The van der Waals surface area contributed by atoms with E-state index >= 15 is 0 Å². The van der Waals surface area contributed by atoms with Crippen molar-refractivity contribution in [3.63, 3.8) is 0 Å². The van der Waals surface area contributed by atoms with E-state index in [9.17, 15) is 0 Å². The minimum Gasteiger partial charge on any atom is -0.375 e. The number of hydrogen-bond acceptors (Lipinski definition) is 1. The Morgan fingerprint density at radius 2 is 2.30 bits per heavy atom. The predicted octanol–water partition coefficient (Wildman–Crippen LogP) is 2.36. The van der Waals surface area contributed by atoms with Crippen LogP contribution in [0.4, 0.5) is 0 Å². The molecular weight excluding hydrogens is 124 g/mol. The highest BCUT2D eigenvalue weighted by Gasteiger charge is 2.40. The third kappa shape index (κ3) is 0.968. The van der Waals surface area contributed by atoms with E-state index in [-0.39, 0.29) is 0 Å². The van der Waals surface area contributed by atoms with Crippen molar-refractivity contribution in [2.24, 2.45) is 5.92 Å². The molecule has 2 unspecified atom stereocenters. The Morgan fingerprint density at radius 1 is 1.40 bits per heavy atom. The summed E-state index contributed by atoms with van der Waals surface area (Å²) < 4.78 is 5.77. The molecule has 0 aromatic heterocycles. The molecule has 0 radical (unpaired) electrons. The van der Waals surface area contributed by atoms with Crippen LogP contribution in [0, 0.1) is 5.92 Å². The van der Waals surface area contributed by atoms with Gasteiger partial charge in [-0.1, -0.05) is 6.92 Å². The summed E-state index contributed by atoms with van der Waals surface area (Å²) >= 11 is 0. The van der Waals surface area contributed by atoms with Crippen LogP contribution in [0.1, 0.15) is 39.0 Å². The van der Waals surface area contributed by atoms with E-state index in [4.69, 9.17) is 4.74 Å². The fourth-order valence-corrected chi connectivity index (χ4v) is 2.46. The lowest BCUT2D eigenvalue weighted by Crippen LogP contribution is -2.22. The van der Waals surface area contributed by atoms with Crippen molar-refractivity contribution in [3.8, 4) is 0 Å². The molecule has 10 heavy (non-hydrogen) atoms. The topological polar surface area (TPSA) is 9.23 Å². The van der Waals surface area contributed by atoms with Crippen LogP contribution in [-0.2, 0) is 4.74 Å². The van der Waals surface area contributed by atoms with Crippen LogP contribution in [0.15, 0.2) is 0 Å². The summed E-state index contributed by atoms with van der Waals surface area (Å²) in [6.45, 7) is 3.36. The predicted molar refractivity (Wildman–Crippen MR) is 40.9 cm³/mol. The smallest absolute Gasteiger partial charge is 0.0686 e. The van der Waals surface area contributed by atoms with Crippen LogP contribution < -0.4 is 0 Å². The van der Waals surface area contributed by atoms with Crippen LogP contribution in [0.2, 0.25) is 0 Å². The number of rotatable bonds is 0. The third-order valence-corrected chi connectivity index (χ3v) is 3.00. The highest BCUT2D eigenvalue weighted by Crippen LogP contribution is 2.43. The van der Waals surface area contributed by atoms with Gasteiger partial charge in [0.25, 0.3) is 0 Å². The van der Waals surface area contributed by atoms with Gasteiger partial charge >= 0.3 is 0 Å². The fourth-order valence-electron chi connectivity index (χ4n) is 2.46. The Labute approximate surface area is 62.8 Å². The molecule has 0 amide bonds. The Hall–Kier alpha value is -0.0400. The highest BCUT2D eigenvalue weighted by molar-refractivity contribution is 4.92. The molecule has 1 aliphatic heterocycles. The molecule has 1 heteroatoms. The Kier molecular flexibility index (Phi) is 1.48. The van der Waals surface area contributed by atoms with Crippen molar-refractivity contribution in [3.05, 3.63) is 0 Å². The Bertz CT molecular complexity index is 125. The molecule has 1 aliphatic carbocycles. The maximum Gasteiger partial charge on any atom is 0.0686 e. The van der Waals surface area contributed by atoms with Crippen molar-refractivity contribution in [1.29, 1.82) is 0 Å². The zero-order valence-corrected chi connectivity index (χ0v) is 6.73. The summed E-state index contributed by atoms with van der Waals surface area (Å²) in [4.78, 5) is 0. The molecule has 2 atom stereocenters. The summed E-state index contributed by atoms with van der Waals surface area (Å²) in [7, 11) is 0. The third-order valence-electron chi connectivity index (χ3n) is 3.00. The maximum absolute atomic E-state index is 5.77. The van der Waals surface area contributed by atoms with Crippen LogP contribution in [0.3, 0.4) is 0 Å². The molecule has 58 valence electrons. The number of ether oxygens (including phenoxy) is 1. The summed E-state index contributed by atoms with van der Waals surface area (Å²) in [6, 6.07) is 0. The van der Waals surface area contributed by atoms with Crippen molar-refractivity contribution < 1.29 is 4.74 Å². The van der Waals surface area contributed by atoms with E-state index in [0.29, 0.717) is 5.60 Å². The lowest BCUT2D eigenvalue weighted by molar-refractivity contribution is 0.00775. The van der Waals surface area contributed by atoms with Gasteiger partial charge in [-0.15, -0.1) is 0 Å². The average Bonchev–Trinajstić information content (AvgIpc) is 2.46. The molecule has 1 spiro atoms. The summed E-state index contributed by atoms with van der Waals surface area (Å²) in [6.07, 6.45) is 6.67. The molecule has 2 aliphatic rings. The summed E-state index contributed by atoms with van der Waals surface area (Å²) in [5, 5.41) is 0. The van der Waals surface area contributed by atoms with Gasteiger partial charge in [-0.3, -0.25) is 0 Å². The second-order valence-electron chi connectivity index (χ2n) is 3.98. The van der Waals surface area contributed by atoms with Crippen LogP contribution in [0.25, 0.3) is 0 Å². The van der Waals surface area contributed by atoms with Gasteiger partial charge in [-0.05, 0) is 38.0 Å². The van der Waals surface area contributed by atoms with Gasteiger partial charge in [0.05, 0.1) is 5.60 Å². The van der Waals surface area contributed by atoms with Crippen LogP contribution in [-0.4, -0.2) is 12.2 Å². The van der Waals surface area contributed by atoms with Gasteiger partial charge in [-0.2, -0.15) is 0 Å². The zero-order valence-electron chi connectivity index (χ0n) is 6.73. The molecule has 1 heterocycles. The van der Waals surface area contributed by atoms with Gasteiger partial charge in [0, 0.05) is 6.61 Å². The van der Waals surface area contributed by atoms with E-state index < -0.39 is 0 Å². The minimum absolute atomic E-state index is 0.361. The number of hydrogen-bond donors (Lipinski definition) is 0. The molecule has 1 saturated heterocycles. The molecule has 2 fully saturated rings. The Balaban J connectivity index is 2.03. The van der Waals surface area contributed by atoms with E-state index in [2.05, 4.69) is 6.92 Å². The molecular formula is C9H16O. The molecule has 0 aromatic carbocycles. The van der Waals surface area contributed by atoms with Gasteiger partial charge in [0.15, 0.2) is 0 Å². The van der Waals surface area contributed by atoms with Crippen LogP contribution in [0.5, 0.6) is 0 Å². The van der Waals surface area contributed by atoms with Gasteiger partial charge in [0.1, 0.15) is 0 Å². The monoisotopic (exact) mass is 140 g/mol. The van der Waals surface area contributed by atoms with E-state index in [0.717, 1.165) is 12.5 Å². The Morgan fingerprint density at radius 3 is 2.80 bits per heavy atom. The normalized spacial score (nSPS) is 47.1. The second-order valence-corrected chi connectivity index (χ2v) is 3.98. The summed E-state index contributed by atoms with van der Waals surface area (Å²) in [5.41, 5.74) is 0.361. The molecule has 0 N–H and O–H groups in total. The van der Waals surface area contributed by atoms with Gasteiger partial charge < -0.3 is 4.74 Å². The first-order chi connectivity index (χ1) is 4.81. The lowest BCUT2D eigenvalue weighted by atomic mass is 9.97. The van der Waals surface area contributed by atoms with Gasteiger partial charge in [0.2, 0.25) is 0 Å². The molecule has 0 bridgehead atoms. The molecule has 0 aromatic rings. The van der Waals surface area contributed by atoms with Crippen molar-refractivity contribution in [2.75, 3.05) is 6.61 Å². The lowest BCUT2D eigenvalue weighted by Gasteiger charge is -2.21. The first-order valence-electron chi connectivity index (χ1n) is 4.45. The fraction of sp³-hybridized carbons (Fsp3) is 1.00. The average molecular weight is 140 g/mol. The highest BCUT2D eigenvalue weighted by atomic mass is 16.5. The van der Waals surface area contributed by atoms with Crippen LogP contribution >= 0.6 is 0 Å². The molecule has 2 rings (SSSR count). The zero-order chi connectivity index (χ0) is 7.03. The van der Waals surface area contributed by atoms with E-state index in [1.807, 2.05) is 0 Å². The largest absolute Gasteiger partial charge is 0.375 e. The minimum atomic E-state index is 0.361. The van der Waals surface area contributed by atoms with Crippen molar-refractivity contribution in [1.82, 2.24) is 0 Å². The van der Waals surface area contributed by atoms with Crippen molar-refractivity contribution >= 4 is 0 Å². The first-order valence-corrected chi connectivity index (χ1v) is 4.45. The second kappa shape index (κ2) is 2.23. The molecule has 1 nitrogen and oxygen atoms in total.